The molecule has 0 aliphatic heterocycles. The second-order valence-electron chi connectivity index (χ2n) is 5.62. The molecule has 1 aromatic rings. The predicted molar refractivity (Wildman–Crippen MR) is 83.6 cm³/mol. The van der Waals surface area contributed by atoms with Gasteiger partial charge >= 0.3 is 0 Å². The molecule has 1 aromatic carbocycles. The Hall–Kier alpha value is -2.04. The van der Waals surface area contributed by atoms with Gasteiger partial charge in [0.1, 0.15) is 0 Å². The van der Waals surface area contributed by atoms with Crippen molar-refractivity contribution < 1.29 is 10.0 Å². The molecule has 5 nitrogen and oxygen atoms in total. The Morgan fingerprint density at radius 2 is 1.95 bits per heavy atom. The Labute approximate surface area is 125 Å². The van der Waals surface area contributed by atoms with Gasteiger partial charge in [-0.1, -0.05) is 43.0 Å². The van der Waals surface area contributed by atoms with Crippen molar-refractivity contribution in [2.45, 2.75) is 38.5 Å². The van der Waals surface area contributed by atoms with E-state index in [1.54, 1.807) is 30.1 Å². The number of hydrogen-bond acceptors (Lipinski definition) is 3. The zero-order chi connectivity index (χ0) is 15.2. The SMILES string of the molecule is CN(C(=O)C1CCCCCC1)c1cccc(C(N)=NO)c1. The summed E-state index contributed by atoms with van der Waals surface area (Å²) in [6, 6.07) is 7.19. The highest BCUT2D eigenvalue weighted by molar-refractivity contribution is 6.00. The van der Waals surface area contributed by atoms with Crippen molar-refractivity contribution in [3.63, 3.8) is 0 Å². The minimum absolute atomic E-state index is 0.0483. The van der Waals surface area contributed by atoms with Crippen molar-refractivity contribution in [1.82, 2.24) is 0 Å². The molecular weight excluding hydrogens is 266 g/mol. The van der Waals surface area contributed by atoms with E-state index in [9.17, 15) is 4.79 Å². The highest BCUT2D eigenvalue weighted by atomic mass is 16.4. The Kier molecular flexibility index (Phi) is 5.20. The second-order valence-corrected chi connectivity index (χ2v) is 5.62. The lowest BCUT2D eigenvalue weighted by Gasteiger charge is -2.23. The highest BCUT2D eigenvalue weighted by Gasteiger charge is 2.24. The third-order valence-corrected chi connectivity index (χ3v) is 4.17. The number of amides is 1. The van der Waals surface area contributed by atoms with Crippen molar-refractivity contribution in [2.75, 3.05) is 11.9 Å². The second kappa shape index (κ2) is 7.11. The molecule has 1 fully saturated rings. The van der Waals surface area contributed by atoms with Gasteiger partial charge in [0.2, 0.25) is 5.91 Å². The maximum Gasteiger partial charge on any atom is 0.229 e. The van der Waals surface area contributed by atoms with Gasteiger partial charge in [-0.25, -0.2) is 0 Å². The summed E-state index contributed by atoms with van der Waals surface area (Å²) in [5.74, 6) is 0.325. The van der Waals surface area contributed by atoms with Crippen LogP contribution in [0.4, 0.5) is 5.69 Å². The van der Waals surface area contributed by atoms with E-state index in [0.717, 1.165) is 31.4 Å². The summed E-state index contributed by atoms with van der Waals surface area (Å²) in [5, 5.41) is 11.7. The van der Waals surface area contributed by atoms with Crippen molar-refractivity contribution in [3.05, 3.63) is 29.8 Å². The molecular formula is C16H23N3O2. The summed E-state index contributed by atoms with van der Waals surface area (Å²) in [4.78, 5) is 14.3. The van der Waals surface area contributed by atoms with Gasteiger partial charge in [0.15, 0.2) is 5.84 Å². The molecule has 114 valence electrons. The quantitative estimate of drug-likeness (QED) is 0.295. The minimum Gasteiger partial charge on any atom is -0.409 e. The fraction of sp³-hybridized carbons (Fsp3) is 0.500. The van der Waals surface area contributed by atoms with Gasteiger partial charge < -0.3 is 15.8 Å². The molecule has 0 radical (unpaired) electrons. The van der Waals surface area contributed by atoms with Gasteiger partial charge in [0, 0.05) is 24.2 Å². The molecule has 1 aliphatic rings. The molecule has 1 saturated carbocycles. The van der Waals surface area contributed by atoms with E-state index in [0.29, 0.717) is 5.56 Å². The number of carbonyl (C=O) groups excluding carboxylic acids is 1. The van der Waals surface area contributed by atoms with E-state index in [2.05, 4.69) is 5.16 Å². The molecule has 21 heavy (non-hydrogen) atoms. The molecule has 0 heterocycles. The van der Waals surface area contributed by atoms with Gasteiger partial charge in [-0.2, -0.15) is 0 Å². The summed E-state index contributed by atoms with van der Waals surface area (Å²) in [6.45, 7) is 0. The lowest BCUT2D eigenvalue weighted by molar-refractivity contribution is -0.122. The normalized spacial score (nSPS) is 17.3. The molecule has 2 rings (SSSR count). The summed E-state index contributed by atoms with van der Waals surface area (Å²) >= 11 is 0. The average molecular weight is 289 g/mol. The number of oxime groups is 1. The third-order valence-electron chi connectivity index (χ3n) is 4.17. The molecule has 3 N–H and O–H groups in total. The molecule has 1 amide bonds. The summed E-state index contributed by atoms with van der Waals surface area (Å²) in [6.07, 6.45) is 6.67. The summed E-state index contributed by atoms with van der Waals surface area (Å²) < 4.78 is 0. The first-order valence-corrected chi connectivity index (χ1v) is 7.49. The van der Waals surface area contributed by atoms with Crippen LogP contribution < -0.4 is 10.6 Å². The van der Waals surface area contributed by atoms with Crippen LogP contribution in [0.25, 0.3) is 0 Å². The average Bonchev–Trinajstić information content (AvgIpc) is 2.82. The number of nitrogens with zero attached hydrogens (tertiary/aromatic N) is 2. The van der Waals surface area contributed by atoms with Crippen LogP contribution in [0.3, 0.4) is 0 Å². The van der Waals surface area contributed by atoms with E-state index < -0.39 is 0 Å². The van der Waals surface area contributed by atoms with Gasteiger partial charge in [-0.3, -0.25) is 4.79 Å². The van der Waals surface area contributed by atoms with Crippen LogP contribution in [0.15, 0.2) is 29.4 Å². The number of amidine groups is 1. The monoisotopic (exact) mass is 289 g/mol. The standard InChI is InChI=1S/C16H23N3O2/c1-19(16(20)12-7-4-2-3-5-8-12)14-10-6-9-13(11-14)15(17)18-21/h6,9-12,21H,2-5,7-8H2,1H3,(H2,17,18). The van der Waals surface area contributed by atoms with Crippen molar-refractivity contribution in [2.24, 2.45) is 16.8 Å². The van der Waals surface area contributed by atoms with Crippen LogP contribution in [-0.2, 0) is 4.79 Å². The number of benzene rings is 1. The maximum atomic E-state index is 12.6. The molecule has 5 heteroatoms. The van der Waals surface area contributed by atoms with Crippen LogP contribution in [0, 0.1) is 5.92 Å². The Balaban J connectivity index is 2.14. The third kappa shape index (κ3) is 3.74. The minimum atomic E-state index is 0.0483. The van der Waals surface area contributed by atoms with Crippen LogP contribution >= 0.6 is 0 Å². The van der Waals surface area contributed by atoms with Gasteiger partial charge in [-0.05, 0) is 25.0 Å². The molecule has 0 aromatic heterocycles. The number of rotatable bonds is 3. The molecule has 0 spiro atoms. The van der Waals surface area contributed by atoms with E-state index in [1.165, 1.54) is 12.8 Å². The van der Waals surface area contributed by atoms with Crippen LogP contribution in [0.5, 0.6) is 0 Å². The van der Waals surface area contributed by atoms with E-state index >= 15 is 0 Å². The number of carbonyl (C=O) groups is 1. The van der Waals surface area contributed by atoms with Crippen LogP contribution in [0.2, 0.25) is 0 Å². The van der Waals surface area contributed by atoms with Crippen molar-refractivity contribution >= 4 is 17.4 Å². The predicted octanol–water partition coefficient (Wildman–Crippen LogP) is 2.71. The van der Waals surface area contributed by atoms with Gasteiger partial charge in [0.25, 0.3) is 0 Å². The maximum absolute atomic E-state index is 12.6. The lowest BCUT2D eigenvalue weighted by Crippen LogP contribution is -2.33. The zero-order valence-corrected chi connectivity index (χ0v) is 12.5. The molecule has 0 bridgehead atoms. The largest absolute Gasteiger partial charge is 0.409 e. The van der Waals surface area contributed by atoms with E-state index in [-0.39, 0.29) is 17.7 Å². The van der Waals surface area contributed by atoms with Crippen molar-refractivity contribution in [3.8, 4) is 0 Å². The number of nitrogens with two attached hydrogens (primary N) is 1. The first kappa shape index (κ1) is 15.4. The highest BCUT2D eigenvalue weighted by Crippen LogP contribution is 2.26. The van der Waals surface area contributed by atoms with E-state index in [4.69, 9.17) is 10.9 Å². The Morgan fingerprint density at radius 1 is 1.29 bits per heavy atom. The lowest BCUT2D eigenvalue weighted by atomic mass is 9.98. The van der Waals surface area contributed by atoms with Crippen LogP contribution in [-0.4, -0.2) is 24.0 Å². The fourth-order valence-electron chi connectivity index (χ4n) is 2.86. The fourth-order valence-corrected chi connectivity index (χ4v) is 2.86. The zero-order valence-electron chi connectivity index (χ0n) is 12.5. The number of hydrogen-bond donors (Lipinski definition) is 2. The Bertz CT molecular complexity index is 520. The van der Waals surface area contributed by atoms with Gasteiger partial charge in [-0.15, -0.1) is 0 Å². The number of anilines is 1. The van der Waals surface area contributed by atoms with E-state index in [1.807, 2.05) is 6.07 Å². The molecule has 0 atom stereocenters. The van der Waals surface area contributed by atoms with Gasteiger partial charge in [0.05, 0.1) is 0 Å². The topological polar surface area (TPSA) is 78.9 Å². The summed E-state index contributed by atoms with van der Waals surface area (Å²) in [5.41, 5.74) is 6.98. The first-order chi connectivity index (χ1) is 10.1. The Morgan fingerprint density at radius 3 is 2.57 bits per heavy atom. The van der Waals surface area contributed by atoms with Crippen LogP contribution in [0.1, 0.15) is 44.1 Å². The van der Waals surface area contributed by atoms with Crippen molar-refractivity contribution in [1.29, 1.82) is 0 Å². The summed E-state index contributed by atoms with van der Waals surface area (Å²) in [7, 11) is 1.79. The molecule has 0 unspecified atom stereocenters. The molecule has 0 saturated heterocycles. The first-order valence-electron chi connectivity index (χ1n) is 7.49. The smallest absolute Gasteiger partial charge is 0.229 e. The molecule has 1 aliphatic carbocycles.